The largest absolute Gasteiger partial charge is 0.323 e. The Bertz CT molecular complexity index is 677. The second kappa shape index (κ2) is 5.74. The van der Waals surface area contributed by atoms with Crippen molar-refractivity contribution in [2.45, 2.75) is 13.8 Å². The van der Waals surface area contributed by atoms with Gasteiger partial charge < -0.3 is 4.52 Å². The molecule has 0 saturated heterocycles. The predicted octanol–water partition coefficient (Wildman–Crippen LogP) is 3.69. The van der Waals surface area contributed by atoms with E-state index in [1.165, 1.54) is 7.11 Å². The van der Waals surface area contributed by atoms with Crippen molar-refractivity contribution in [1.82, 2.24) is 0 Å². The van der Waals surface area contributed by atoms with Crippen LogP contribution in [0.3, 0.4) is 0 Å². The van der Waals surface area contributed by atoms with Gasteiger partial charge in [0.1, 0.15) is 0 Å². The van der Waals surface area contributed by atoms with Gasteiger partial charge in [-0.3, -0.25) is 9.36 Å². The van der Waals surface area contributed by atoms with Gasteiger partial charge in [0.2, 0.25) is 0 Å². The first kappa shape index (κ1) is 14.7. The summed E-state index contributed by atoms with van der Waals surface area (Å²) in [7, 11) is -2.23. The van der Waals surface area contributed by atoms with E-state index in [0.29, 0.717) is 10.9 Å². The van der Waals surface area contributed by atoms with Crippen molar-refractivity contribution < 1.29 is 13.9 Å². The van der Waals surface area contributed by atoms with E-state index >= 15 is 0 Å². The number of carbonyl (C=O) groups is 1. The van der Waals surface area contributed by atoms with Crippen LogP contribution in [-0.2, 0) is 9.09 Å². The van der Waals surface area contributed by atoms with Crippen molar-refractivity contribution >= 4 is 18.2 Å². The summed E-state index contributed by atoms with van der Waals surface area (Å²) >= 11 is 0. The summed E-state index contributed by atoms with van der Waals surface area (Å²) in [6.45, 7) is 3.79. The highest BCUT2D eigenvalue weighted by molar-refractivity contribution is 7.83. The number of rotatable bonds is 4. The molecule has 0 fully saturated rings. The van der Waals surface area contributed by atoms with E-state index in [1.54, 1.807) is 30.3 Å². The van der Waals surface area contributed by atoms with Gasteiger partial charge in [0.25, 0.3) is 5.52 Å². The Hall–Kier alpha value is -1.70. The van der Waals surface area contributed by atoms with E-state index in [4.69, 9.17) is 4.52 Å². The zero-order valence-electron chi connectivity index (χ0n) is 11.8. The van der Waals surface area contributed by atoms with Crippen molar-refractivity contribution in [1.29, 1.82) is 0 Å². The average Bonchev–Trinajstić information content (AvgIpc) is 2.46. The van der Waals surface area contributed by atoms with Crippen LogP contribution >= 0.6 is 7.37 Å². The Kier molecular flexibility index (Phi) is 4.22. The molecule has 0 amide bonds. The van der Waals surface area contributed by atoms with E-state index < -0.39 is 12.9 Å². The summed E-state index contributed by atoms with van der Waals surface area (Å²) in [5.41, 5.74) is 1.86. The predicted molar refractivity (Wildman–Crippen MR) is 80.9 cm³/mol. The molecule has 0 aliphatic heterocycles. The molecule has 0 aliphatic rings. The molecule has 0 aromatic heterocycles. The number of hydrogen-bond donors (Lipinski definition) is 0. The molecule has 0 aliphatic carbocycles. The Morgan fingerprint density at radius 1 is 1.05 bits per heavy atom. The molecular weight excluding hydrogens is 271 g/mol. The average molecular weight is 288 g/mol. The monoisotopic (exact) mass is 288 g/mol. The van der Waals surface area contributed by atoms with Crippen LogP contribution < -0.4 is 5.30 Å². The lowest BCUT2D eigenvalue weighted by atomic mass is 10.1. The number of aryl methyl sites for hydroxylation is 2. The van der Waals surface area contributed by atoms with Crippen LogP contribution in [0.4, 0.5) is 0 Å². The van der Waals surface area contributed by atoms with Gasteiger partial charge in [-0.05, 0) is 31.5 Å². The standard InChI is InChI=1S/C16H17O3P/c1-12-9-10-15(13(2)11-12)16(17)20(18,19-3)14-7-5-4-6-8-14/h4-11H,1-3H3. The van der Waals surface area contributed by atoms with Gasteiger partial charge >= 0.3 is 7.37 Å². The fraction of sp³-hybridized carbons (Fsp3) is 0.188. The third-order valence-electron chi connectivity index (χ3n) is 3.23. The summed E-state index contributed by atoms with van der Waals surface area (Å²) in [5.74, 6) is 0. The van der Waals surface area contributed by atoms with Crippen molar-refractivity contribution in [3.63, 3.8) is 0 Å². The lowest BCUT2D eigenvalue weighted by molar-refractivity contribution is 0.106. The highest BCUT2D eigenvalue weighted by atomic mass is 31.2. The highest BCUT2D eigenvalue weighted by Crippen LogP contribution is 2.48. The number of carbonyl (C=O) groups excluding carboxylic acids is 1. The van der Waals surface area contributed by atoms with E-state index in [9.17, 15) is 9.36 Å². The molecule has 0 saturated carbocycles. The van der Waals surface area contributed by atoms with Crippen LogP contribution in [0.1, 0.15) is 21.5 Å². The summed E-state index contributed by atoms with van der Waals surface area (Å²) in [6, 6.07) is 14.1. The van der Waals surface area contributed by atoms with Crippen LogP contribution in [-0.4, -0.2) is 12.6 Å². The van der Waals surface area contributed by atoms with E-state index in [2.05, 4.69) is 0 Å². The van der Waals surface area contributed by atoms with E-state index in [0.717, 1.165) is 11.1 Å². The topological polar surface area (TPSA) is 43.4 Å². The normalized spacial score (nSPS) is 13.8. The molecule has 4 heteroatoms. The van der Waals surface area contributed by atoms with Crippen LogP contribution in [0.15, 0.2) is 48.5 Å². The molecule has 1 unspecified atom stereocenters. The molecule has 0 heterocycles. The molecule has 20 heavy (non-hydrogen) atoms. The number of hydrogen-bond acceptors (Lipinski definition) is 3. The molecule has 0 bridgehead atoms. The van der Waals surface area contributed by atoms with Gasteiger partial charge in [-0.25, -0.2) is 0 Å². The first-order valence-corrected chi connectivity index (χ1v) is 7.95. The third kappa shape index (κ3) is 2.60. The molecule has 0 radical (unpaired) electrons. The number of benzene rings is 2. The van der Waals surface area contributed by atoms with E-state index in [-0.39, 0.29) is 0 Å². The van der Waals surface area contributed by atoms with Gasteiger partial charge in [0.15, 0.2) is 0 Å². The van der Waals surface area contributed by atoms with Crippen molar-refractivity contribution in [3.8, 4) is 0 Å². The maximum atomic E-state index is 12.9. The first-order chi connectivity index (χ1) is 9.49. The van der Waals surface area contributed by atoms with Crippen LogP contribution in [0.2, 0.25) is 0 Å². The molecule has 2 aromatic carbocycles. The molecule has 2 aromatic rings. The molecule has 2 rings (SSSR count). The fourth-order valence-corrected chi connectivity index (χ4v) is 3.89. The van der Waals surface area contributed by atoms with Crippen molar-refractivity contribution in [2.24, 2.45) is 0 Å². The molecule has 104 valence electrons. The van der Waals surface area contributed by atoms with Gasteiger partial charge in [0.05, 0.1) is 0 Å². The minimum absolute atomic E-state index is 0.424. The smallest absolute Gasteiger partial charge is 0.300 e. The second-order valence-electron chi connectivity index (χ2n) is 4.69. The Morgan fingerprint density at radius 2 is 1.70 bits per heavy atom. The van der Waals surface area contributed by atoms with Gasteiger partial charge in [-0.1, -0.05) is 42.0 Å². The SMILES string of the molecule is COP(=O)(C(=O)c1ccc(C)cc1C)c1ccccc1. The van der Waals surface area contributed by atoms with Gasteiger partial charge in [-0.2, -0.15) is 0 Å². The molecule has 0 N–H and O–H groups in total. The first-order valence-electron chi connectivity index (χ1n) is 6.32. The zero-order valence-corrected chi connectivity index (χ0v) is 12.7. The Balaban J connectivity index is 2.52. The minimum Gasteiger partial charge on any atom is -0.323 e. The minimum atomic E-state index is -3.55. The van der Waals surface area contributed by atoms with Crippen molar-refractivity contribution in [2.75, 3.05) is 7.11 Å². The van der Waals surface area contributed by atoms with Gasteiger partial charge in [0, 0.05) is 18.0 Å². The third-order valence-corrected chi connectivity index (χ3v) is 5.50. The van der Waals surface area contributed by atoms with Gasteiger partial charge in [-0.15, -0.1) is 0 Å². The quantitative estimate of drug-likeness (QED) is 0.806. The summed E-state index contributed by atoms with van der Waals surface area (Å²) in [4.78, 5) is 12.6. The van der Waals surface area contributed by atoms with Crippen molar-refractivity contribution in [3.05, 3.63) is 65.2 Å². The highest BCUT2D eigenvalue weighted by Gasteiger charge is 2.35. The fourth-order valence-electron chi connectivity index (χ4n) is 2.14. The maximum absolute atomic E-state index is 12.9. The summed E-state index contributed by atoms with van der Waals surface area (Å²) in [5, 5.41) is 0.424. The molecule has 3 nitrogen and oxygen atoms in total. The molecule has 0 spiro atoms. The Morgan fingerprint density at radius 3 is 2.25 bits per heavy atom. The second-order valence-corrected chi connectivity index (χ2v) is 7.08. The van der Waals surface area contributed by atoms with E-state index in [1.807, 2.05) is 32.0 Å². The zero-order chi connectivity index (χ0) is 14.8. The maximum Gasteiger partial charge on any atom is 0.300 e. The van der Waals surface area contributed by atoms with Crippen LogP contribution in [0, 0.1) is 13.8 Å². The summed E-state index contributed by atoms with van der Waals surface area (Å²) in [6.07, 6.45) is 0. The summed E-state index contributed by atoms with van der Waals surface area (Å²) < 4.78 is 18.1. The van der Waals surface area contributed by atoms with Crippen LogP contribution in [0.25, 0.3) is 0 Å². The molecular formula is C16H17O3P. The van der Waals surface area contributed by atoms with Crippen LogP contribution in [0.5, 0.6) is 0 Å². The molecule has 1 atom stereocenters. The lowest BCUT2D eigenvalue weighted by Crippen LogP contribution is -2.15. The Labute approximate surface area is 119 Å². The lowest BCUT2D eigenvalue weighted by Gasteiger charge is -2.16.